The summed E-state index contributed by atoms with van der Waals surface area (Å²) in [5, 5.41) is 6.44. The average Bonchev–Trinajstić information content (AvgIpc) is 2.33. The van der Waals surface area contributed by atoms with Crippen LogP contribution in [0.2, 0.25) is 6.55 Å². The minimum Gasteiger partial charge on any atom is -0.374 e. The lowest BCUT2D eigenvalue weighted by atomic mass is 10.4. The van der Waals surface area contributed by atoms with E-state index >= 15 is 0 Å². The number of hydrogen-bond acceptors (Lipinski definition) is 5. The van der Waals surface area contributed by atoms with Gasteiger partial charge >= 0.3 is 8.80 Å². The van der Waals surface area contributed by atoms with Crippen molar-refractivity contribution in [1.82, 2.24) is 10.6 Å². The molecule has 1 fully saturated rings. The highest BCUT2D eigenvalue weighted by molar-refractivity contribution is 6.59. The third kappa shape index (κ3) is 9.69. The number of piperazine rings is 1. The summed E-state index contributed by atoms with van der Waals surface area (Å²) < 4.78 is 16.2. The molecule has 6 heteroatoms. The summed E-state index contributed by atoms with van der Waals surface area (Å²) in [4.78, 5) is 0. The molecule has 2 N–H and O–H groups in total. The normalized spacial score (nSPS) is 16.2. The summed E-state index contributed by atoms with van der Waals surface area (Å²) in [7, 11) is -2.25. The Hall–Kier alpha value is 0.0169. The SMILES string of the molecule is C1CNCCN1.CCO[Si](C)(OCC)OCC. The highest BCUT2D eigenvalue weighted by Gasteiger charge is 2.32. The van der Waals surface area contributed by atoms with Gasteiger partial charge in [0, 0.05) is 52.5 Å². The smallest absolute Gasteiger partial charge is 0.374 e. The van der Waals surface area contributed by atoms with Crippen LogP contribution in [-0.2, 0) is 13.3 Å². The summed E-state index contributed by atoms with van der Waals surface area (Å²) in [5.41, 5.74) is 0. The molecule has 0 aromatic rings. The zero-order chi connectivity index (χ0) is 13.0. The second kappa shape index (κ2) is 11.1. The maximum Gasteiger partial charge on any atom is 0.497 e. The van der Waals surface area contributed by atoms with Crippen molar-refractivity contribution in [1.29, 1.82) is 0 Å². The van der Waals surface area contributed by atoms with E-state index in [4.69, 9.17) is 13.3 Å². The first-order chi connectivity index (χ1) is 8.18. The van der Waals surface area contributed by atoms with Crippen LogP contribution in [0.4, 0.5) is 0 Å². The fourth-order valence-corrected chi connectivity index (χ4v) is 3.34. The van der Waals surface area contributed by atoms with Crippen molar-refractivity contribution in [2.24, 2.45) is 0 Å². The lowest BCUT2D eigenvalue weighted by molar-refractivity contribution is 0.0783. The highest BCUT2D eigenvalue weighted by atomic mass is 28.4. The fourth-order valence-electron chi connectivity index (χ4n) is 1.52. The van der Waals surface area contributed by atoms with Gasteiger partial charge in [-0.05, 0) is 20.8 Å². The Bertz CT molecular complexity index is 140. The largest absolute Gasteiger partial charge is 0.497 e. The standard InChI is InChI=1S/C7H18O3Si.C4H10N2/c1-5-8-11(4,9-6-2)10-7-3;1-2-6-4-3-5-1/h5-7H2,1-4H3;5-6H,1-4H2. The molecule has 0 bridgehead atoms. The molecule has 0 aromatic heterocycles. The number of rotatable bonds is 6. The molecule has 1 aliphatic heterocycles. The molecule has 1 rings (SSSR count). The van der Waals surface area contributed by atoms with Crippen molar-refractivity contribution < 1.29 is 13.3 Å². The van der Waals surface area contributed by atoms with Crippen molar-refractivity contribution in [3.05, 3.63) is 0 Å². The van der Waals surface area contributed by atoms with Crippen LogP contribution in [0.3, 0.4) is 0 Å². The molecule has 17 heavy (non-hydrogen) atoms. The zero-order valence-corrected chi connectivity index (χ0v) is 12.7. The van der Waals surface area contributed by atoms with Crippen molar-refractivity contribution in [2.45, 2.75) is 27.3 Å². The molecule has 1 heterocycles. The lowest BCUT2D eigenvalue weighted by Crippen LogP contribution is -2.42. The minimum atomic E-state index is -2.25. The van der Waals surface area contributed by atoms with Crippen molar-refractivity contribution in [2.75, 3.05) is 46.0 Å². The number of nitrogens with one attached hydrogen (secondary N) is 2. The first kappa shape index (κ1) is 17.0. The van der Waals surface area contributed by atoms with Gasteiger partial charge in [0.25, 0.3) is 0 Å². The van der Waals surface area contributed by atoms with Gasteiger partial charge in [-0.15, -0.1) is 0 Å². The highest BCUT2D eigenvalue weighted by Crippen LogP contribution is 2.08. The molecule has 1 saturated heterocycles. The van der Waals surface area contributed by atoms with Crippen LogP contribution in [0.25, 0.3) is 0 Å². The third-order valence-electron chi connectivity index (χ3n) is 2.18. The molecule has 0 saturated carbocycles. The maximum atomic E-state index is 5.40. The summed E-state index contributed by atoms with van der Waals surface area (Å²) in [6, 6.07) is 0. The first-order valence-electron chi connectivity index (χ1n) is 6.51. The van der Waals surface area contributed by atoms with Gasteiger partial charge in [0.15, 0.2) is 0 Å². The molecular formula is C11H28N2O3Si. The zero-order valence-electron chi connectivity index (χ0n) is 11.7. The second-order valence-corrected chi connectivity index (χ2v) is 6.25. The van der Waals surface area contributed by atoms with Crippen LogP contribution in [-0.4, -0.2) is 54.8 Å². The predicted octanol–water partition coefficient (Wildman–Crippen LogP) is 0.844. The molecule has 0 aromatic carbocycles. The molecule has 104 valence electrons. The van der Waals surface area contributed by atoms with Gasteiger partial charge in [0.2, 0.25) is 0 Å². The van der Waals surface area contributed by atoms with Crippen LogP contribution >= 0.6 is 0 Å². The lowest BCUT2D eigenvalue weighted by Gasteiger charge is -2.23. The molecule has 0 amide bonds. The van der Waals surface area contributed by atoms with E-state index < -0.39 is 8.80 Å². The summed E-state index contributed by atoms with van der Waals surface area (Å²) in [6.07, 6.45) is 0. The van der Waals surface area contributed by atoms with E-state index in [1.165, 1.54) is 0 Å². The minimum absolute atomic E-state index is 0.655. The Morgan fingerprint density at radius 1 is 0.765 bits per heavy atom. The third-order valence-corrected chi connectivity index (χ3v) is 4.62. The van der Waals surface area contributed by atoms with Gasteiger partial charge in [0.05, 0.1) is 0 Å². The molecule has 0 aliphatic carbocycles. The van der Waals surface area contributed by atoms with E-state index in [2.05, 4.69) is 10.6 Å². The second-order valence-electron chi connectivity index (χ2n) is 3.66. The Labute approximate surface area is 107 Å². The molecule has 1 aliphatic rings. The number of hydrogen-bond donors (Lipinski definition) is 2. The van der Waals surface area contributed by atoms with Gasteiger partial charge < -0.3 is 23.9 Å². The monoisotopic (exact) mass is 264 g/mol. The van der Waals surface area contributed by atoms with Gasteiger partial charge in [0.1, 0.15) is 0 Å². The molecule has 0 unspecified atom stereocenters. The summed E-state index contributed by atoms with van der Waals surface area (Å²) in [6.45, 7) is 14.3. The van der Waals surface area contributed by atoms with E-state index in [1.807, 2.05) is 27.3 Å². The van der Waals surface area contributed by atoms with Crippen molar-refractivity contribution in [3.8, 4) is 0 Å². The van der Waals surface area contributed by atoms with E-state index in [1.54, 1.807) is 0 Å². The van der Waals surface area contributed by atoms with Crippen LogP contribution < -0.4 is 10.6 Å². The molecule has 0 spiro atoms. The van der Waals surface area contributed by atoms with Gasteiger partial charge in [-0.2, -0.15) is 0 Å². The summed E-state index contributed by atoms with van der Waals surface area (Å²) in [5.74, 6) is 0. The van der Waals surface area contributed by atoms with Gasteiger partial charge in [-0.3, -0.25) is 0 Å². The predicted molar refractivity (Wildman–Crippen MR) is 72.2 cm³/mol. The molecule has 0 atom stereocenters. The van der Waals surface area contributed by atoms with E-state index in [0.717, 1.165) is 26.2 Å². The topological polar surface area (TPSA) is 51.8 Å². The average molecular weight is 264 g/mol. The van der Waals surface area contributed by atoms with Crippen molar-refractivity contribution in [3.63, 3.8) is 0 Å². The van der Waals surface area contributed by atoms with Crippen LogP contribution in [0.1, 0.15) is 20.8 Å². The van der Waals surface area contributed by atoms with Crippen LogP contribution in [0, 0.1) is 0 Å². The Balaban J connectivity index is 0.000000354. The van der Waals surface area contributed by atoms with E-state index in [0.29, 0.717) is 19.8 Å². The van der Waals surface area contributed by atoms with E-state index in [9.17, 15) is 0 Å². The molecular weight excluding hydrogens is 236 g/mol. The Kier molecular flexibility index (Phi) is 11.1. The molecule has 5 nitrogen and oxygen atoms in total. The van der Waals surface area contributed by atoms with Gasteiger partial charge in [-0.25, -0.2) is 0 Å². The molecule has 0 radical (unpaired) electrons. The Morgan fingerprint density at radius 2 is 1.06 bits per heavy atom. The first-order valence-corrected chi connectivity index (χ1v) is 8.74. The maximum absolute atomic E-state index is 5.40. The Morgan fingerprint density at radius 3 is 1.24 bits per heavy atom. The van der Waals surface area contributed by atoms with E-state index in [-0.39, 0.29) is 0 Å². The summed E-state index contributed by atoms with van der Waals surface area (Å²) >= 11 is 0. The quantitative estimate of drug-likeness (QED) is 0.697. The van der Waals surface area contributed by atoms with Gasteiger partial charge in [-0.1, -0.05) is 0 Å². The van der Waals surface area contributed by atoms with Crippen molar-refractivity contribution >= 4 is 8.80 Å². The van der Waals surface area contributed by atoms with Crippen LogP contribution in [0.5, 0.6) is 0 Å². The fraction of sp³-hybridized carbons (Fsp3) is 1.00. The van der Waals surface area contributed by atoms with Crippen LogP contribution in [0.15, 0.2) is 0 Å².